The van der Waals surface area contributed by atoms with Crippen molar-refractivity contribution in [2.24, 2.45) is 0 Å². The molecule has 1 aromatic heterocycles. The maximum Gasteiger partial charge on any atom is 0.253 e. The highest BCUT2D eigenvalue weighted by molar-refractivity contribution is 9.10. The SMILES string of the molecule is CC(=O)N[C@H]1CC[C@@H](N(C)c2cc(Br)cc(C(=O)NCc3c(C)cc(C)[nH]c3=O)c2C)CC1. The molecule has 0 unspecified atom stereocenters. The molecule has 8 heteroatoms. The fraction of sp³-hybridized carbons (Fsp3) is 0.480. The number of benzene rings is 1. The van der Waals surface area contributed by atoms with Crippen molar-refractivity contribution < 1.29 is 9.59 Å². The van der Waals surface area contributed by atoms with Crippen molar-refractivity contribution in [1.29, 1.82) is 0 Å². The van der Waals surface area contributed by atoms with E-state index in [4.69, 9.17) is 0 Å². The lowest BCUT2D eigenvalue weighted by Crippen LogP contribution is -2.42. The summed E-state index contributed by atoms with van der Waals surface area (Å²) in [6.45, 7) is 7.41. The number of nitrogens with one attached hydrogen (secondary N) is 3. The second kappa shape index (κ2) is 10.5. The number of pyridine rings is 1. The molecule has 1 fully saturated rings. The van der Waals surface area contributed by atoms with Gasteiger partial charge in [0, 0.05) is 59.6 Å². The number of aryl methyl sites for hydroxylation is 2. The van der Waals surface area contributed by atoms with Gasteiger partial charge in [0.25, 0.3) is 11.5 Å². The van der Waals surface area contributed by atoms with E-state index in [0.29, 0.717) is 17.2 Å². The highest BCUT2D eigenvalue weighted by atomic mass is 79.9. The number of hydrogen-bond donors (Lipinski definition) is 3. The molecular formula is C25H33BrN4O3. The third kappa shape index (κ3) is 6.05. The summed E-state index contributed by atoms with van der Waals surface area (Å²) in [6, 6.07) is 6.35. The van der Waals surface area contributed by atoms with Gasteiger partial charge < -0.3 is 20.5 Å². The zero-order valence-corrected chi connectivity index (χ0v) is 21.6. The fourth-order valence-corrected chi connectivity index (χ4v) is 5.17. The van der Waals surface area contributed by atoms with E-state index in [1.54, 1.807) is 6.92 Å². The second-order valence-electron chi connectivity index (χ2n) is 9.04. The van der Waals surface area contributed by atoms with Gasteiger partial charge in [0.05, 0.1) is 0 Å². The Morgan fingerprint density at radius 3 is 2.39 bits per heavy atom. The van der Waals surface area contributed by atoms with E-state index < -0.39 is 0 Å². The first kappa shape index (κ1) is 25.0. The Kier molecular flexibility index (Phi) is 8.00. The third-order valence-corrected chi connectivity index (χ3v) is 7.00. The molecule has 2 aromatic rings. The number of H-pyrrole nitrogens is 1. The van der Waals surface area contributed by atoms with Crippen molar-refractivity contribution in [3.05, 3.63) is 61.0 Å². The van der Waals surface area contributed by atoms with Crippen molar-refractivity contribution in [3.8, 4) is 0 Å². The van der Waals surface area contributed by atoms with Crippen LogP contribution in [0.2, 0.25) is 0 Å². The molecule has 2 amide bonds. The molecular weight excluding hydrogens is 484 g/mol. The number of anilines is 1. The lowest BCUT2D eigenvalue weighted by Gasteiger charge is -2.37. The van der Waals surface area contributed by atoms with Crippen molar-refractivity contribution in [3.63, 3.8) is 0 Å². The first-order chi connectivity index (χ1) is 15.6. The van der Waals surface area contributed by atoms with E-state index in [2.05, 4.69) is 43.5 Å². The largest absolute Gasteiger partial charge is 0.371 e. The van der Waals surface area contributed by atoms with Crippen LogP contribution in [0.5, 0.6) is 0 Å². The summed E-state index contributed by atoms with van der Waals surface area (Å²) in [5, 5.41) is 5.94. The lowest BCUT2D eigenvalue weighted by atomic mass is 9.89. The smallest absolute Gasteiger partial charge is 0.253 e. The number of amides is 2. The van der Waals surface area contributed by atoms with Crippen LogP contribution in [0.25, 0.3) is 0 Å². The van der Waals surface area contributed by atoms with E-state index in [0.717, 1.165) is 52.7 Å². The molecule has 1 saturated carbocycles. The molecule has 33 heavy (non-hydrogen) atoms. The van der Waals surface area contributed by atoms with Gasteiger partial charge in [-0.15, -0.1) is 0 Å². The van der Waals surface area contributed by atoms with Gasteiger partial charge in [0.1, 0.15) is 0 Å². The monoisotopic (exact) mass is 516 g/mol. The first-order valence-electron chi connectivity index (χ1n) is 11.3. The van der Waals surface area contributed by atoms with Crippen LogP contribution in [0.3, 0.4) is 0 Å². The summed E-state index contributed by atoms with van der Waals surface area (Å²) in [6.07, 6.45) is 3.84. The quantitative estimate of drug-likeness (QED) is 0.542. The molecule has 1 aliphatic rings. The van der Waals surface area contributed by atoms with Crippen molar-refractivity contribution >= 4 is 33.4 Å². The minimum Gasteiger partial charge on any atom is -0.371 e. The van der Waals surface area contributed by atoms with Crippen LogP contribution < -0.4 is 21.1 Å². The molecule has 0 atom stereocenters. The molecule has 0 bridgehead atoms. The van der Waals surface area contributed by atoms with Crippen LogP contribution in [0.15, 0.2) is 27.5 Å². The molecule has 7 nitrogen and oxygen atoms in total. The highest BCUT2D eigenvalue weighted by Gasteiger charge is 2.26. The number of nitrogens with zero attached hydrogens (tertiary/aromatic N) is 1. The summed E-state index contributed by atoms with van der Waals surface area (Å²) in [4.78, 5) is 41.7. The first-order valence-corrected chi connectivity index (χ1v) is 12.1. The number of carbonyl (C=O) groups excluding carboxylic acids is 2. The molecule has 0 saturated heterocycles. The van der Waals surface area contributed by atoms with Crippen LogP contribution >= 0.6 is 15.9 Å². The predicted octanol–water partition coefficient (Wildman–Crippen LogP) is 3.88. The van der Waals surface area contributed by atoms with E-state index in [-0.39, 0.29) is 30.0 Å². The zero-order chi connectivity index (χ0) is 24.3. The molecule has 1 aliphatic carbocycles. The average Bonchev–Trinajstić information content (AvgIpc) is 2.73. The molecule has 0 spiro atoms. The topological polar surface area (TPSA) is 94.3 Å². The van der Waals surface area contributed by atoms with Gasteiger partial charge in [-0.25, -0.2) is 0 Å². The van der Waals surface area contributed by atoms with Gasteiger partial charge in [0.15, 0.2) is 0 Å². The molecule has 178 valence electrons. The van der Waals surface area contributed by atoms with Gasteiger partial charge >= 0.3 is 0 Å². The van der Waals surface area contributed by atoms with Crippen molar-refractivity contribution in [2.45, 2.75) is 72.0 Å². The van der Waals surface area contributed by atoms with E-state index in [9.17, 15) is 14.4 Å². The summed E-state index contributed by atoms with van der Waals surface area (Å²) >= 11 is 3.56. The average molecular weight is 517 g/mol. The van der Waals surface area contributed by atoms with Crippen molar-refractivity contribution in [2.75, 3.05) is 11.9 Å². The predicted molar refractivity (Wildman–Crippen MR) is 135 cm³/mol. The van der Waals surface area contributed by atoms with Gasteiger partial charge in [0.2, 0.25) is 5.91 Å². The molecule has 0 radical (unpaired) electrons. The van der Waals surface area contributed by atoms with E-state index in [1.165, 1.54) is 0 Å². The summed E-state index contributed by atoms with van der Waals surface area (Å²) in [5.74, 6) is -0.190. The second-order valence-corrected chi connectivity index (χ2v) is 9.96. The normalized spacial score (nSPS) is 18.0. The highest BCUT2D eigenvalue weighted by Crippen LogP contribution is 2.32. The van der Waals surface area contributed by atoms with Gasteiger partial charge in [-0.2, -0.15) is 0 Å². The number of hydrogen-bond acceptors (Lipinski definition) is 4. The number of rotatable bonds is 6. The Morgan fingerprint density at radius 1 is 1.12 bits per heavy atom. The Labute approximate surface area is 203 Å². The van der Waals surface area contributed by atoms with Gasteiger partial charge in [-0.1, -0.05) is 15.9 Å². The van der Waals surface area contributed by atoms with Crippen LogP contribution in [0, 0.1) is 20.8 Å². The number of carbonyl (C=O) groups is 2. The molecule has 3 N–H and O–H groups in total. The van der Waals surface area contributed by atoms with Crippen molar-refractivity contribution in [1.82, 2.24) is 15.6 Å². The summed E-state index contributed by atoms with van der Waals surface area (Å²) < 4.78 is 0.830. The van der Waals surface area contributed by atoms with Gasteiger partial charge in [-0.3, -0.25) is 14.4 Å². The third-order valence-electron chi connectivity index (χ3n) is 6.54. The Balaban J connectivity index is 1.75. The molecule has 3 rings (SSSR count). The van der Waals surface area contributed by atoms with Gasteiger partial charge in [-0.05, 0) is 75.8 Å². The fourth-order valence-electron chi connectivity index (χ4n) is 4.72. The van der Waals surface area contributed by atoms with E-state index in [1.807, 2.05) is 39.0 Å². The lowest BCUT2D eigenvalue weighted by molar-refractivity contribution is -0.119. The van der Waals surface area contributed by atoms with Crippen LogP contribution in [-0.4, -0.2) is 35.9 Å². The number of aromatic amines is 1. The Hall–Kier alpha value is -2.61. The Bertz CT molecular complexity index is 1100. The summed E-state index contributed by atoms with van der Waals surface area (Å²) in [7, 11) is 2.06. The molecule has 1 aromatic carbocycles. The van der Waals surface area contributed by atoms with Crippen LogP contribution in [-0.2, 0) is 11.3 Å². The zero-order valence-electron chi connectivity index (χ0n) is 20.0. The summed E-state index contributed by atoms with van der Waals surface area (Å²) in [5.41, 5.74) is 4.54. The molecule has 1 heterocycles. The van der Waals surface area contributed by atoms with Crippen LogP contribution in [0.4, 0.5) is 5.69 Å². The molecule has 0 aliphatic heterocycles. The standard InChI is InChI=1S/C25H33BrN4O3/c1-14-10-15(2)28-25(33)22(14)13-27-24(32)21-11-18(26)12-23(16(21)3)30(5)20-8-6-19(7-9-20)29-17(4)31/h10-12,19-20H,6-9,13H2,1-5H3,(H,27,32)(H,28,33)(H,29,31)/t19-,20+. The minimum absolute atomic E-state index is 0.0214. The Morgan fingerprint density at radius 2 is 1.79 bits per heavy atom. The van der Waals surface area contributed by atoms with E-state index >= 15 is 0 Å². The van der Waals surface area contributed by atoms with Crippen LogP contribution in [0.1, 0.15) is 65.3 Å². The maximum absolute atomic E-state index is 13.1. The number of aromatic nitrogens is 1. The maximum atomic E-state index is 13.1. The minimum atomic E-state index is -0.211. The number of halogens is 1.